The molecule has 2 fully saturated rings. The number of likely N-dealkylation sites (N-methyl/N-ethyl adjacent to an activating group) is 1. The van der Waals surface area contributed by atoms with Crippen LogP contribution in [-0.2, 0) is 46.3 Å². The molecule has 6 N–H and O–H groups in total. The van der Waals surface area contributed by atoms with Gasteiger partial charge >= 0.3 is 11.9 Å². The smallest absolute Gasteiger partial charge is 0.327 e. The lowest BCUT2D eigenvalue weighted by Gasteiger charge is -2.40. The van der Waals surface area contributed by atoms with E-state index in [1.54, 1.807) is 32.4 Å². The van der Waals surface area contributed by atoms with Gasteiger partial charge in [0.25, 0.3) is 11.5 Å². The number of allylic oxidation sites excluding steroid dienone is 2. The Balaban J connectivity index is 0.807. The van der Waals surface area contributed by atoms with E-state index in [0.717, 1.165) is 5.56 Å². The minimum Gasteiger partial charge on any atom is -0.480 e. The topological polar surface area (TPSA) is 269 Å². The molecule has 3 aromatic rings. The number of carbonyl (C=O) groups is 6. The Hall–Kier alpha value is -5.64. The number of anilines is 1. The molecule has 63 heavy (non-hydrogen) atoms. The number of carbonyl (C=O) groups excluding carboxylic acids is 5. The number of aromatic amines is 1. The Morgan fingerprint density at radius 2 is 1.83 bits per heavy atom. The second kappa shape index (κ2) is 19.0. The third-order valence-corrected chi connectivity index (χ3v) is 14.5. The predicted molar refractivity (Wildman–Crippen MR) is 233 cm³/mol. The Labute approximate surface area is 369 Å². The van der Waals surface area contributed by atoms with E-state index in [4.69, 9.17) is 15.2 Å². The second-order valence-corrected chi connectivity index (χ2v) is 18.5. The van der Waals surface area contributed by atoms with Crippen molar-refractivity contribution in [3.05, 3.63) is 80.1 Å². The van der Waals surface area contributed by atoms with Crippen molar-refractivity contribution in [3.63, 3.8) is 0 Å². The molecule has 0 radical (unpaired) electrons. The number of carboxylic acids is 1. The average Bonchev–Trinajstić information content (AvgIpc) is 3.61. The van der Waals surface area contributed by atoms with Crippen LogP contribution in [0.5, 0.6) is 0 Å². The van der Waals surface area contributed by atoms with Crippen LogP contribution in [0.2, 0.25) is 0 Å². The maximum atomic E-state index is 14.1. The molecule has 21 heteroatoms. The van der Waals surface area contributed by atoms with Crippen LogP contribution in [0, 0.1) is 5.92 Å². The summed E-state index contributed by atoms with van der Waals surface area (Å²) in [5, 5.41) is 15.1. The van der Waals surface area contributed by atoms with Crippen molar-refractivity contribution in [1.82, 2.24) is 40.4 Å². The summed E-state index contributed by atoms with van der Waals surface area (Å²) in [6.07, 6.45) is 3.81. The van der Waals surface area contributed by atoms with Gasteiger partial charge in [0.15, 0.2) is 22.7 Å². The molecule has 0 saturated carbocycles. The highest BCUT2D eigenvalue weighted by molar-refractivity contribution is 8.76. The summed E-state index contributed by atoms with van der Waals surface area (Å²) in [6.45, 7) is 3.62. The second-order valence-electron chi connectivity index (χ2n) is 15.8. The van der Waals surface area contributed by atoms with Crippen LogP contribution >= 0.6 is 21.6 Å². The predicted octanol–water partition coefficient (Wildman–Crippen LogP) is 1.58. The number of Topliss-reactive ketones (excluding diaryl/α,β-unsaturated/α-hetero) is 2. The number of fused-ring (bicyclic) bond motifs is 5. The van der Waals surface area contributed by atoms with E-state index in [1.807, 2.05) is 24.1 Å². The summed E-state index contributed by atoms with van der Waals surface area (Å²) >= 11 is 0. The average molecular weight is 904 g/mol. The number of ether oxygens (including phenoxy) is 2. The number of esters is 1. The zero-order chi connectivity index (χ0) is 45.2. The summed E-state index contributed by atoms with van der Waals surface area (Å²) in [7, 11) is 6.23. The minimum absolute atomic E-state index is 0.0100. The molecule has 2 saturated heterocycles. The Bertz CT molecular complexity index is 2480. The number of ketones is 2. The fourth-order valence-corrected chi connectivity index (χ4v) is 11.0. The molecule has 2 aromatic heterocycles. The summed E-state index contributed by atoms with van der Waals surface area (Å²) in [6, 6.07) is 6.00. The van der Waals surface area contributed by atoms with Gasteiger partial charge in [0.05, 0.1) is 29.5 Å². The first-order valence-corrected chi connectivity index (χ1v) is 23.0. The van der Waals surface area contributed by atoms with Crippen LogP contribution in [0.4, 0.5) is 5.95 Å². The molecule has 2 amide bonds. The first-order valence-electron chi connectivity index (χ1n) is 20.5. The first kappa shape index (κ1) is 45.4. The lowest BCUT2D eigenvalue weighted by molar-refractivity contribution is -0.160. The van der Waals surface area contributed by atoms with Crippen molar-refractivity contribution in [2.45, 2.75) is 76.2 Å². The SMILES string of the molecule is CO[C@@]12[C@H](COC(C)=O)C3=C(C(=O)C(C)=C(CCCSSCC(NC(=O)CCCNC(=O)c4ccc(CCc5cnc6nc(N)[nH]c(=O)c6n5)cc4)C(=O)O)C3=O)N1C[C@H]1[C@@H]2N1C. The number of carboxylic acid groups (broad SMARTS) is 1. The number of amides is 2. The van der Waals surface area contributed by atoms with Gasteiger partial charge in [0.1, 0.15) is 12.6 Å². The summed E-state index contributed by atoms with van der Waals surface area (Å²) in [4.78, 5) is 108. The number of hydrogen-bond acceptors (Lipinski definition) is 17. The van der Waals surface area contributed by atoms with Gasteiger partial charge in [-0.3, -0.25) is 38.7 Å². The number of rotatable bonds is 20. The molecule has 0 bridgehead atoms. The summed E-state index contributed by atoms with van der Waals surface area (Å²) in [5.41, 5.74) is 7.85. The Morgan fingerprint density at radius 3 is 2.54 bits per heavy atom. The molecule has 5 heterocycles. The lowest BCUT2D eigenvalue weighted by Crippen LogP contribution is -2.55. The van der Waals surface area contributed by atoms with Crippen molar-refractivity contribution < 1.29 is 43.3 Å². The van der Waals surface area contributed by atoms with Crippen molar-refractivity contribution in [1.29, 1.82) is 0 Å². The van der Waals surface area contributed by atoms with E-state index in [9.17, 15) is 38.7 Å². The van der Waals surface area contributed by atoms with Crippen LogP contribution in [0.15, 0.2) is 57.7 Å². The van der Waals surface area contributed by atoms with Crippen LogP contribution in [0.25, 0.3) is 11.2 Å². The maximum absolute atomic E-state index is 14.1. The number of piperazine rings is 1. The van der Waals surface area contributed by atoms with Gasteiger partial charge in [-0.2, -0.15) is 4.98 Å². The highest BCUT2D eigenvalue weighted by atomic mass is 33.1. The molecule has 0 spiro atoms. The number of aliphatic carboxylic acids is 1. The zero-order valence-electron chi connectivity index (χ0n) is 35.2. The normalized spacial score (nSPS) is 22.8. The number of aromatic nitrogens is 4. The van der Waals surface area contributed by atoms with Crippen molar-refractivity contribution in [2.75, 3.05) is 51.1 Å². The van der Waals surface area contributed by atoms with Gasteiger partial charge in [0, 0.05) is 73.4 Å². The number of nitrogen functional groups attached to an aromatic ring is 1. The monoisotopic (exact) mass is 903 g/mol. The summed E-state index contributed by atoms with van der Waals surface area (Å²) in [5.74, 6) is -2.92. The van der Waals surface area contributed by atoms with Gasteiger partial charge in [-0.15, -0.1) is 0 Å². The van der Waals surface area contributed by atoms with Gasteiger partial charge in [-0.1, -0.05) is 33.7 Å². The molecule has 19 nitrogen and oxygen atoms in total. The third kappa shape index (κ3) is 9.23. The number of H-pyrrole nitrogens is 1. The molecule has 1 aromatic carbocycles. The number of methoxy groups -OCH3 is 1. The van der Waals surface area contributed by atoms with Crippen LogP contribution in [0.3, 0.4) is 0 Å². The molecular weight excluding hydrogens is 855 g/mol. The minimum atomic E-state index is -1.18. The molecule has 4 aliphatic rings. The van der Waals surface area contributed by atoms with E-state index < -0.39 is 41.1 Å². The number of hydrogen-bond donors (Lipinski definition) is 5. The largest absolute Gasteiger partial charge is 0.480 e. The van der Waals surface area contributed by atoms with Gasteiger partial charge in [-0.05, 0) is 63.8 Å². The van der Waals surface area contributed by atoms with Crippen molar-refractivity contribution in [3.8, 4) is 0 Å². The number of nitrogens with two attached hydrogens (primary N) is 1. The van der Waals surface area contributed by atoms with Gasteiger partial charge in [0.2, 0.25) is 17.6 Å². The molecular formula is C42H49N9O10S2. The van der Waals surface area contributed by atoms with Crippen LogP contribution < -0.4 is 21.9 Å². The quantitative estimate of drug-likeness (QED) is 0.0354. The molecule has 6 atom stereocenters. The fourth-order valence-electron chi connectivity index (χ4n) is 8.77. The number of aryl methyl sites for hydroxylation is 2. The summed E-state index contributed by atoms with van der Waals surface area (Å²) < 4.78 is 11.6. The molecule has 334 valence electrons. The van der Waals surface area contributed by atoms with E-state index in [1.165, 1.54) is 28.5 Å². The van der Waals surface area contributed by atoms with Crippen LogP contribution in [0.1, 0.15) is 61.1 Å². The highest BCUT2D eigenvalue weighted by Crippen LogP contribution is 2.59. The Kier molecular flexibility index (Phi) is 13.7. The van der Waals surface area contributed by atoms with Crippen LogP contribution in [-0.4, -0.2) is 139 Å². The number of nitrogens with one attached hydrogen (secondary N) is 3. The number of benzene rings is 1. The van der Waals surface area contributed by atoms with Gasteiger partial charge in [-0.25, -0.2) is 14.8 Å². The van der Waals surface area contributed by atoms with Crippen molar-refractivity contribution >= 4 is 74.0 Å². The Morgan fingerprint density at radius 1 is 1.06 bits per heavy atom. The van der Waals surface area contributed by atoms with E-state index >= 15 is 0 Å². The number of nitrogens with zero attached hydrogens (tertiary/aromatic N) is 5. The standard InChI is InChI=1S/C42H49N9O10S2/c1-21-26(35(55)31-27(19-61-22(2)52)42(60-4)36-29(50(36)3)18-51(42)33(31)34(21)54)7-6-16-62-63-20-28(40(58)59)47-30(53)8-5-15-44-38(56)24-12-9-23(10-13-24)11-14-25-17-45-37-32(46-25)39(57)49-41(43)48-37/h9-10,12-13,17,27-29,36H,5-8,11,14-16,18-20H2,1-4H3,(H,44,56)(H,47,53)(H,58,59)(H3,43,45,48,49,57)/t27-,28?,29+,36+,42-,50?/m1/s1. The zero-order valence-corrected chi connectivity index (χ0v) is 36.9. The molecule has 1 aliphatic carbocycles. The fraction of sp³-hybridized carbons (Fsp3) is 0.476. The van der Waals surface area contributed by atoms with Crippen molar-refractivity contribution in [2.24, 2.45) is 5.92 Å². The van der Waals surface area contributed by atoms with E-state index in [2.05, 4.69) is 35.5 Å². The van der Waals surface area contributed by atoms with E-state index in [0.29, 0.717) is 78.1 Å². The maximum Gasteiger partial charge on any atom is 0.327 e. The third-order valence-electron chi connectivity index (χ3n) is 12.0. The highest BCUT2D eigenvalue weighted by Gasteiger charge is 2.75. The molecule has 3 aliphatic heterocycles. The molecule has 7 rings (SSSR count). The lowest BCUT2D eigenvalue weighted by atomic mass is 9.79. The van der Waals surface area contributed by atoms with Gasteiger partial charge < -0.3 is 35.8 Å². The first-order chi connectivity index (χ1) is 30.2. The van der Waals surface area contributed by atoms with E-state index in [-0.39, 0.29) is 72.0 Å². The molecule has 2 unspecified atom stereocenters.